The van der Waals surface area contributed by atoms with Gasteiger partial charge in [-0.3, -0.25) is 0 Å². The SMILES string of the molecule is CCCCCC1=C=CC=C(C#CC2=CC(F)C(C(F)(F)Oc3cc(F)c(F)c(F)c3)C(F)=C2)C(F)=C1. The van der Waals surface area contributed by atoms with Crippen LogP contribution in [0.3, 0.4) is 0 Å². The van der Waals surface area contributed by atoms with Gasteiger partial charge in [0.05, 0.1) is 5.57 Å². The molecule has 0 amide bonds. The molecule has 2 aliphatic rings. The van der Waals surface area contributed by atoms with Crippen LogP contribution in [-0.2, 0) is 0 Å². The molecule has 1 aromatic rings. The first-order valence-corrected chi connectivity index (χ1v) is 11.0. The average molecular weight is 512 g/mol. The zero-order chi connectivity index (χ0) is 26.5. The first kappa shape index (κ1) is 27.1. The maximum atomic E-state index is 14.6. The topological polar surface area (TPSA) is 9.23 Å². The number of alkyl halides is 3. The van der Waals surface area contributed by atoms with Crippen molar-refractivity contribution in [2.45, 2.75) is 44.9 Å². The molecule has 36 heavy (non-hydrogen) atoms. The van der Waals surface area contributed by atoms with E-state index >= 15 is 0 Å². The van der Waals surface area contributed by atoms with Crippen LogP contribution < -0.4 is 4.74 Å². The summed E-state index contributed by atoms with van der Waals surface area (Å²) in [7, 11) is 0. The second-order valence-electron chi connectivity index (χ2n) is 8.05. The molecule has 9 heteroatoms. The van der Waals surface area contributed by atoms with Gasteiger partial charge in [0.25, 0.3) is 0 Å². The van der Waals surface area contributed by atoms with Gasteiger partial charge in [0.15, 0.2) is 17.5 Å². The third-order valence-electron chi connectivity index (χ3n) is 5.29. The van der Waals surface area contributed by atoms with Crippen molar-refractivity contribution in [3.8, 4) is 17.6 Å². The van der Waals surface area contributed by atoms with Crippen molar-refractivity contribution in [1.82, 2.24) is 0 Å². The number of unbranched alkanes of at least 4 members (excludes halogenated alkanes) is 2. The van der Waals surface area contributed by atoms with Crippen molar-refractivity contribution in [2.24, 2.45) is 5.92 Å². The highest BCUT2D eigenvalue weighted by molar-refractivity contribution is 5.53. The molecule has 190 valence electrons. The standard InChI is InChI=1S/C27H20F8O/c1-2-3-4-6-16-7-5-8-18(20(28)11-16)10-9-17-12-21(29)25(22(30)13-17)27(34,35)36-19-14-23(31)26(33)24(32)15-19/h5,8,11-15,21,25H,2-4,6H2,1H3. The van der Waals surface area contributed by atoms with E-state index in [0.29, 0.717) is 24.1 Å². The van der Waals surface area contributed by atoms with Crippen molar-refractivity contribution in [2.75, 3.05) is 0 Å². The minimum Gasteiger partial charge on any atom is -0.432 e. The third-order valence-corrected chi connectivity index (χ3v) is 5.29. The Morgan fingerprint density at radius 1 is 1.00 bits per heavy atom. The van der Waals surface area contributed by atoms with Crippen LogP contribution >= 0.6 is 0 Å². The first-order valence-electron chi connectivity index (χ1n) is 11.0. The van der Waals surface area contributed by atoms with E-state index < -0.39 is 53.1 Å². The van der Waals surface area contributed by atoms with Gasteiger partial charge in [-0.05, 0) is 48.8 Å². The molecule has 1 nitrogen and oxygen atoms in total. The van der Waals surface area contributed by atoms with Crippen molar-refractivity contribution >= 4 is 0 Å². The van der Waals surface area contributed by atoms with Gasteiger partial charge in [0, 0.05) is 17.7 Å². The molecule has 1 aromatic carbocycles. The molecule has 2 atom stereocenters. The molecule has 0 radical (unpaired) electrons. The lowest BCUT2D eigenvalue weighted by atomic mass is 9.92. The largest absolute Gasteiger partial charge is 0.432 e. The van der Waals surface area contributed by atoms with Gasteiger partial charge in [0.1, 0.15) is 29.5 Å². The summed E-state index contributed by atoms with van der Waals surface area (Å²) in [6, 6.07) is 0.246. The summed E-state index contributed by atoms with van der Waals surface area (Å²) in [5.41, 5.74) is 3.14. The van der Waals surface area contributed by atoms with Crippen LogP contribution in [0.25, 0.3) is 0 Å². The highest BCUT2D eigenvalue weighted by Crippen LogP contribution is 2.41. The average Bonchev–Trinajstić information content (AvgIpc) is 2.95. The minimum absolute atomic E-state index is 0.0887. The first-order chi connectivity index (χ1) is 17.0. The van der Waals surface area contributed by atoms with Gasteiger partial charge in [-0.15, -0.1) is 5.73 Å². The smallest absolute Gasteiger partial charge is 0.410 e. The molecular formula is C27H20F8O. The van der Waals surface area contributed by atoms with E-state index in [0.717, 1.165) is 19.3 Å². The summed E-state index contributed by atoms with van der Waals surface area (Å²) in [6.45, 7) is 2.03. The van der Waals surface area contributed by atoms with Crippen LogP contribution in [-0.4, -0.2) is 12.3 Å². The molecular weight excluding hydrogens is 492 g/mol. The van der Waals surface area contributed by atoms with Gasteiger partial charge < -0.3 is 4.74 Å². The van der Waals surface area contributed by atoms with E-state index in [1.165, 1.54) is 18.2 Å². The summed E-state index contributed by atoms with van der Waals surface area (Å²) in [6.07, 6.45) is 1.35. The molecule has 0 aromatic heterocycles. The number of allylic oxidation sites excluding steroid dienone is 8. The Balaban J connectivity index is 1.75. The fourth-order valence-corrected chi connectivity index (χ4v) is 3.48. The van der Waals surface area contributed by atoms with Crippen LogP contribution in [0.1, 0.15) is 32.6 Å². The normalized spacial score (nSPS) is 19.8. The maximum Gasteiger partial charge on any atom is 0.410 e. The lowest BCUT2D eigenvalue weighted by molar-refractivity contribution is -0.219. The van der Waals surface area contributed by atoms with Crippen LogP contribution in [0.15, 0.2) is 76.6 Å². The molecule has 0 bridgehead atoms. The quantitative estimate of drug-likeness (QED) is 0.117. The predicted octanol–water partition coefficient (Wildman–Crippen LogP) is 8.28. The Labute approximate surface area is 202 Å². The molecule has 2 aliphatic carbocycles. The summed E-state index contributed by atoms with van der Waals surface area (Å²) in [5, 5.41) is 0. The molecule has 0 saturated heterocycles. The van der Waals surface area contributed by atoms with Crippen molar-refractivity contribution < 1.29 is 39.9 Å². The Hall–Kier alpha value is -3.50. The zero-order valence-electron chi connectivity index (χ0n) is 19.0. The Morgan fingerprint density at radius 3 is 2.33 bits per heavy atom. The Kier molecular flexibility index (Phi) is 8.65. The van der Waals surface area contributed by atoms with Gasteiger partial charge >= 0.3 is 6.11 Å². The lowest BCUT2D eigenvalue weighted by Crippen LogP contribution is -2.41. The second kappa shape index (κ2) is 11.5. The molecule has 0 spiro atoms. The summed E-state index contributed by atoms with van der Waals surface area (Å²) in [4.78, 5) is 0. The van der Waals surface area contributed by atoms with E-state index in [4.69, 9.17) is 0 Å². The fourth-order valence-electron chi connectivity index (χ4n) is 3.48. The second-order valence-corrected chi connectivity index (χ2v) is 8.05. The van der Waals surface area contributed by atoms with Crippen LogP contribution in [0.5, 0.6) is 5.75 Å². The van der Waals surface area contributed by atoms with Crippen molar-refractivity contribution in [3.05, 3.63) is 94.1 Å². The van der Waals surface area contributed by atoms with Gasteiger partial charge in [-0.2, -0.15) is 8.78 Å². The summed E-state index contributed by atoms with van der Waals surface area (Å²) < 4.78 is 116. The molecule has 0 fully saturated rings. The molecule has 0 heterocycles. The van der Waals surface area contributed by atoms with Gasteiger partial charge in [0.2, 0.25) is 0 Å². The van der Waals surface area contributed by atoms with Crippen LogP contribution in [0, 0.1) is 35.2 Å². The van der Waals surface area contributed by atoms with Crippen molar-refractivity contribution in [1.29, 1.82) is 0 Å². The van der Waals surface area contributed by atoms with Gasteiger partial charge in [-0.25, -0.2) is 26.3 Å². The predicted molar refractivity (Wildman–Crippen MR) is 118 cm³/mol. The molecule has 0 N–H and O–H groups in total. The Bertz CT molecular complexity index is 1240. The minimum atomic E-state index is -4.60. The monoisotopic (exact) mass is 512 g/mol. The van der Waals surface area contributed by atoms with E-state index in [-0.39, 0.29) is 23.3 Å². The lowest BCUT2D eigenvalue weighted by Gasteiger charge is -2.29. The third kappa shape index (κ3) is 6.58. The number of hydrogen-bond donors (Lipinski definition) is 0. The maximum absolute atomic E-state index is 14.6. The number of ether oxygens (including phenoxy) is 1. The van der Waals surface area contributed by atoms with Crippen molar-refractivity contribution in [3.63, 3.8) is 0 Å². The number of rotatable bonds is 7. The zero-order valence-corrected chi connectivity index (χ0v) is 19.0. The Morgan fingerprint density at radius 2 is 1.69 bits per heavy atom. The molecule has 0 saturated carbocycles. The molecule has 2 unspecified atom stereocenters. The van der Waals surface area contributed by atoms with E-state index in [9.17, 15) is 35.1 Å². The van der Waals surface area contributed by atoms with E-state index in [1.54, 1.807) is 0 Å². The van der Waals surface area contributed by atoms with E-state index in [1.807, 2.05) is 6.92 Å². The number of halogens is 8. The highest BCUT2D eigenvalue weighted by atomic mass is 19.3. The fraction of sp³-hybridized carbons (Fsp3) is 0.296. The summed E-state index contributed by atoms with van der Waals surface area (Å²) >= 11 is 0. The molecule has 3 rings (SSSR count). The summed E-state index contributed by atoms with van der Waals surface area (Å²) in [5.74, 6) is -7.09. The van der Waals surface area contributed by atoms with Gasteiger partial charge in [-0.1, -0.05) is 31.6 Å². The number of hydrogen-bond acceptors (Lipinski definition) is 1. The van der Waals surface area contributed by atoms with E-state index in [2.05, 4.69) is 22.3 Å². The number of benzene rings is 1. The van der Waals surface area contributed by atoms with Crippen LogP contribution in [0.4, 0.5) is 35.1 Å². The van der Waals surface area contributed by atoms with Crippen LogP contribution in [0.2, 0.25) is 0 Å². The highest BCUT2D eigenvalue weighted by Gasteiger charge is 2.51. The molecule has 0 aliphatic heterocycles.